The number of aryl methyl sites for hydroxylation is 2. The third-order valence-corrected chi connectivity index (χ3v) is 5.47. The number of esters is 1. The van der Waals surface area contributed by atoms with Crippen molar-refractivity contribution in [3.63, 3.8) is 0 Å². The van der Waals surface area contributed by atoms with Crippen LogP contribution >= 0.6 is 0 Å². The van der Waals surface area contributed by atoms with Crippen LogP contribution in [0.25, 0.3) is 6.08 Å². The van der Waals surface area contributed by atoms with Gasteiger partial charge in [0.2, 0.25) is 0 Å². The van der Waals surface area contributed by atoms with Gasteiger partial charge < -0.3 is 24.1 Å². The molecule has 0 aliphatic heterocycles. The van der Waals surface area contributed by atoms with E-state index in [4.69, 9.17) is 18.7 Å². The first-order valence-electron chi connectivity index (χ1n) is 11.2. The monoisotopic (exact) mass is 478 g/mol. The van der Waals surface area contributed by atoms with E-state index in [0.717, 1.165) is 16.8 Å². The molecule has 2 atom stereocenters. The number of ether oxygens (including phenoxy) is 3. The minimum atomic E-state index is -0.937. The van der Waals surface area contributed by atoms with Gasteiger partial charge in [-0.3, -0.25) is 4.79 Å². The average Bonchev–Trinajstić information content (AvgIpc) is 3.18. The Balaban J connectivity index is 1.55. The molecule has 0 radical (unpaired) electrons. The molecule has 3 rings (SSSR count). The maximum Gasteiger partial charge on any atom is 0.331 e. The molecule has 1 amide bonds. The van der Waals surface area contributed by atoms with E-state index in [9.17, 15) is 9.59 Å². The molecule has 184 valence electrons. The summed E-state index contributed by atoms with van der Waals surface area (Å²) in [4.78, 5) is 24.6. The first-order chi connectivity index (χ1) is 16.8. The lowest BCUT2D eigenvalue weighted by molar-refractivity contribution is -0.150. The van der Waals surface area contributed by atoms with Crippen molar-refractivity contribution >= 4 is 18.0 Å². The summed E-state index contributed by atoms with van der Waals surface area (Å²) in [6.07, 6.45) is 1.91. The molecule has 0 spiro atoms. The zero-order valence-electron chi connectivity index (χ0n) is 20.5. The number of aromatic nitrogens is 1. The second-order valence-electron chi connectivity index (χ2n) is 8.06. The van der Waals surface area contributed by atoms with E-state index in [1.54, 1.807) is 24.3 Å². The Morgan fingerprint density at radius 2 is 1.83 bits per heavy atom. The van der Waals surface area contributed by atoms with Gasteiger partial charge in [0.15, 0.2) is 17.6 Å². The highest BCUT2D eigenvalue weighted by molar-refractivity contribution is 5.90. The van der Waals surface area contributed by atoms with Gasteiger partial charge in [0.1, 0.15) is 12.4 Å². The number of hydrogen-bond acceptors (Lipinski definition) is 7. The number of methoxy groups -OCH3 is 1. The third-order valence-electron chi connectivity index (χ3n) is 5.47. The van der Waals surface area contributed by atoms with E-state index >= 15 is 0 Å². The molecule has 0 bridgehead atoms. The molecule has 8 heteroatoms. The predicted molar refractivity (Wildman–Crippen MR) is 131 cm³/mol. The topological polar surface area (TPSA) is 99.9 Å². The smallest absolute Gasteiger partial charge is 0.331 e. The van der Waals surface area contributed by atoms with Gasteiger partial charge in [-0.2, -0.15) is 0 Å². The maximum atomic E-state index is 12.4. The largest absolute Gasteiger partial charge is 0.493 e. The van der Waals surface area contributed by atoms with Crippen LogP contribution in [0.5, 0.6) is 11.5 Å². The highest BCUT2D eigenvalue weighted by Crippen LogP contribution is 2.30. The molecular weight excluding hydrogens is 448 g/mol. The molecule has 0 saturated carbocycles. The summed E-state index contributed by atoms with van der Waals surface area (Å²) in [6.45, 7) is 7.39. The summed E-state index contributed by atoms with van der Waals surface area (Å²) < 4.78 is 21.7. The number of nitrogens with zero attached hydrogens (tertiary/aromatic N) is 1. The van der Waals surface area contributed by atoms with Crippen LogP contribution in [0.15, 0.2) is 59.1 Å². The Labute approximate surface area is 204 Å². The maximum absolute atomic E-state index is 12.4. The van der Waals surface area contributed by atoms with Crippen LogP contribution in [0.4, 0.5) is 0 Å². The zero-order chi connectivity index (χ0) is 25.4. The van der Waals surface area contributed by atoms with Gasteiger partial charge in [-0.1, -0.05) is 41.6 Å². The van der Waals surface area contributed by atoms with Crippen molar-refractivity contribution in [2.45, 2.75) is 46.4 Å². The Hall–Kier alpha value is -4.07. The van der Waals surface area contributed by atoms with Gasteiger partial charge in [-0.05, 0) is 57.0 Å². The van der Waals surface area contributed by atoms with Crippen LogP contribution < -0.4 is 14.8 Å². The SMILES string of the molecule is COc1cc(/C=C/C(=O)OC(C)C(=O)NC(C)c2ccccc2)ccc1OCc1c(C)noc1C. The van der Waals surface area contributed by atoms with E-state index in [-0.39, 0.29) is 11.9 Å². The van der Waals surface area contributed by atoms with Crippen molar-refractivity contribution in [3.05, 3.63) is 82.8 Å². The quantitative estimate of drug-likeness (QED) is 0.333. The normalized spacial score (nSPS) is 12.7. The van der Waals surface area contributed by atoms with Gasteiger partial charge in [0.25, 0.3) is 5.91 Å². The number of benzene rings is 2. The van der Waals surface area contributed by atoms with Crippen molar-refractivity contribution in [2.75, 3.05) is 7.11 Å². The van der Waals surface area contributed by atoms with Crippen LogP contribution in [0.2, 0.25) is 0 Å². The Kier molecular flexibility index (Phi) is 8.67. The number of nitrogens with one attached hydrogen (secondary N) is 1. The van der Waals surface area contributed by atoms with Gasteiger partial charge >= 0.3 is 5.97 Å². The van der Waals surface area contributed by atoms with Crippen LogP contribution in [-0.4, -0.2) is 30.2 Å². The Morgan fingerprint density at radius 3 is 2.49 bits per heavy atom. The third kappa shape index (κ3) is 6.96. The summed E-state index contributed by atoms with van der Waals surface area (Å²) in [6, 6.07) is 14.6. The number of amides is 1. The van der Waals surface area contributed by atoms with Crippen molar-refractivity contribution in [1.82, 2.24) is 10.5 Å². The van der Waals surface area contributed by atoms with Crippen LogP contribution in [-0.2, 0) is 20.9 Å². The Morgan fingerprint density at radius 1 is 1.09 bits per heavy atom. The summed E-state index contributed by atoms with van der Waals surface area (Å²) in [5.41, 5.74) is 3.33. The Bertz CT molecular complexity index is 1170. The van der Waals surface area contributed by atoms with Crippen LogP contribution in [0.1, 0.15) is 48.0 Å². The van der Waals surface area contributed by atoms with Crippen molar-refractivity contribution in [2.24, 2.45) is 0 Å². The summed E-state index contributed by atoms with van der Waals surface area (Å²) in [7, 11) is 1.54. The second kappa shape index (κ2) is 11.9. The lowest BCUT2D eigenvalue weighted by Crippen LogP contribution is -2.37. The van der Waals surface area contributed by atoms with E-state index in [1.807, 2.05) is 51.1 Å². The second-order valence-corrected chi connectivity index (χ2v) is 8.06. The summed E-state index contributed by atoms with van der Waals surface area (Å²) >= 11 is 0. The predicted octanol–water partition coefficient (Wildman–Crippen LogP) is 4.70. The molecule has 1 aromatic heterocycles. The minimum absolute atomic E-state index is 0.203. The van der Waals surface area contributed by atoms with Crippen LogP contribution in [0.3, 0.4) is 0 Å². The van der Waals surface area contributed by atoms with Crippen molar-refractivity contribution < 1.29 is 28.3 Å². The van der Waals surface area contributed by atoms with Crippen LogP contribution in [0, 0.1) is 13.8 Å². The molecule has 1 N–H and O–H groups in total. The summed E-state index contributed by atoms with van der Waals surface area (Å²) in [5, 5.41) is 6.77. The van der Waals surface area contributed by atoms with Crippen molar-refractivity contribution in [3.8, 4) is 11.5 Å². The van der Waals surface area contributed by atoms with E-state index in [0.29, 0.717) is 29.4 Å². The number of carbonyl (C=O) groups is 2. The van der Waals surface area contributed by atoms with Gasteiger partial charge in [0.05, 0.1) is 24.4 Å². The number of rotatable bonds is 10. The molecule has 0 saturated heterocycles. The fraction of sp³-hybridized carbons (Fsp3) is 0.296. The highest BCUT2D eigenvalue weighted by atomic mass is 16.5. The zero-order valence-corrected chi connectivity index (χ0v) is 20.5. The highest BCUT2D eigenvalue weighted by Gasteiger charge is 2.19. The minimum Gasteiger partial charge on any atom is -0.493 e. The molecule has 35 heavy (non-hydrogen) atoms. The lowest BCUT2D eigenvalue weighted by atomic mass is 10.1. The molecule has 1 heterocycles. The fourth-order valence-corrected chi connectivity index (χ4v) is 3.35. The molecule has 0 aliphatic rings. The van der Waals surface area contributed by atoms with Gasteiger partial charge in [0, 0.05) is 6.08 Å². The molecule has 2 aromatic carbocycles. The standard InChI is InChI=1S/C27H30N2O6/c1-17(22-9-7-6-8-10-22)28-27(31)20(4)34-26(30)14-12-21-11-13-24(25(15-21)32-5)33-16-23-18(2)29-35-19(23)3/h6-15,17,20H,16H2,1-5H3,(H,28,31)/b14-12+. The molecule has 8 nitrogen and oxygen atoms in total. The first-order valence-corrected chi connectivity index (χ1v) is 11.2. The lowest BCUT2D eigenvalue weighted by Gasteiger charge is -2.17. The van der Waals surface area contributed by atoms with E-state index < -0.39 is 12.1 Å². The number of hydrogen-bond donors (Lipinski definition) is 1. The molecule has 2 unspecified atom stereocenters. The summed E-state index contributed by atoms with van der Waals surface area (Å²) in [5.74, 6) is 0.763. The molecule has 3 aromatic rings. The number of carbonyl (C=O) groups excluding carboxylic acids is 2. The first kappa shape index (κ1) is 25.6. The average molecular weight is 479 g/mol. The van der Waals surface area contributed by atoms with Gasteiger partial charge in [-0.15, -0.1) is 0 Å². The molecular formula is C27H30N2O6. The van der Waals surface area contributed by atoms with E-state index in [2.05, 4.69) is 10.5 Å². The fourth-order valence-electron chi connectivity index (χ4n) is 3.35. The molecule has 0 aliphatic carbocycles. The van der Waals surface area contributed by atoms with E-state index in [1.165, 1.54) is 20.1 Å². The van der Waals surface area contributed by atoms with Gasteiger partial charge in [-0.25, -0.2) is 4.79 Å². The van der Waals surface area contributed by atoms with Crippen molar-refractivity contribution in [1.29, 1.82) is 0 Å². The molecule has 0 fully saturated rings.